The number of carboxylic acid groups (broad SMARTS) is 2. The Labute approximate surface area is 160 Å². The fraction of sp³-hybridized carbons (Fsp3) is 0.353. The number of carbonyl (C=O) groups excluding carboxylic acids is 3. The predicted octanol–water partition coefficient (Wildman–Crippen LogP) is -2.17. The highest BCUT2D eigenvalue weighted by Gasteiger charge is 2.28. The van der Waals surface area contributed by atoms with E-state index < -0.39 is 54.7 Å². The molecular weight excluding hydrogens is 372 g/mol. The molecule has 0 unspecified atom stereocenters. The van der Waals surface area contributed by atoms with Crippen LogP contribution < -0.4 is 21.7 Å². The standard InChI is InChI=1S/C17H22N4O7/c18-8-13(22)20-11(6-10-4-2-1-3-5-10)17(28)21-12(7-14(23)24)16(27)19-9-15(25)26/h1-5,11-12H,6-9,18H2,(H,19,27)(H,20,22)(H,21,28)(H,23,24)(H,25,26)/t11-,12-/m0/s1. The first kappa shape index (κ1) is 22.6. The van der Waals surface area contributed by atoms with Crippen LogP contribution in [0.2, 0.25) is 0 Å². The van der Waals surface area contributed by atoms with Crippen molar-refractivity contribution in [1.29, 1.82) is 0 Å². The smallest absolute Gasteiger partial charge is 0.322 e. The Bertz CT molecular complexity index is 723. The van der Waals surface area contributed by atoms with E-state index in [0.717, 1.165) is 0 Å². The molecule has 1 aromatic carbocycles. The van der Waals surface area contributed by atoms with Crippen LogP contribution in [0.1, 0.15) is 12.0 Å². The molecule has 0 radical (unpaired) electrons. The van der Waals surface area contributed by atoms with E-state index >= 15 is 0 Å². The van der Waals surface area contributed by atoms with Crippen LogP contribution >= 0.6 is 0 Å². The summed E-state index contributed by atoms with van der Waals surface area (Å²) in [6.07, 6.45) is -0.685. The fourth-order valence-corrected chi connectivity index (χ4v) is 2.25. The van der Waals surface area contributed by atoms with Crippen molar-refractivity contribution in [3.05, 3.63) is 35.9 Å². The molecule has 7 N–H and O–H groups in total. The Kier molecular flexibility index (Phi) is 9.10. The van der Waals surface area contributed by atoms with E-state index in [0.29, 0.717) is 5.56 Å². The van der Waals surface area contributed by atoms with Crippen LogP contribution in [0.3, 0.4) is 0 Å². The van der Waals surface area contributed by atoms with Gasteiger partial charge in [0.1, 0.15) is 18.6 Å². The number of hydrogen-bond acceptors (Lipinski definition) is 6. The Hall–Kier alpha value is -3.47. The summed E-state index contributed by atoms with van der Waals surface area (Å²) < 4.78 is 0. The molecule has 11 nitrogen and oxygen atoms in total. The van der Waals surface area contributed by atoms with Gasteiger partial charge in [0.05, 0.1) is 13.0 Å². The average Bonchev–Trinajstić information content (AvgIpc) is 2.65. The predicted molar refractivity (Wildman–Crippen MR) is 96.0 cm³/mol. The number of hydrogen-bond donors (Lipinski definition) is 6. The number of aliphatic carboxylic acids is 2. The zero-order valence-electron chi connectivity index (χ0n) is 14.9. The molecular formula is C17H22N4O7. The van der Waals surface area contributed by atoms with Gasteiger partial charge in [0, 0.05) is 6.42 Å². The second-order valence-corrected chi connectivity index (χ2v) is 5.78. The van der Waals surface area contributed by atoms with E-state index in [9.17, 15) is 24.0 Å². The monoisotopic (exact) mass is 394 g/mol. The van der Waals surface area contributed by atoms with Gasteiger partial charge in [-0.3, -0.25) is 24.0 Å². The third-order valence-corrected chi connectivity index (χ3v) is 3.55. The Morgan fingerprint density at radius 2 is 1.54 bits per heavy atom. The molecule has 0 saturated heterocycles. The van der Waals surface area contributed by atoms with E-state index in [1.807, 2.05) is 5.32 Å². The Morgan fingerprint density at radius 3 is 2.07 bits per heavy atom. The molecule has 0 aliphatic heterocycles. The maximum atomic E-state index is 12.6. The lowest BCUT2D eigenvalue weighted by molar-refractivity contribution is -0.141. The number of nitrogens with one attached hydrogen (secondary N) is 3. The van der Waals surface area contributed by atoms with Gasteiger partial charge >= 0.3 is 11.9 Å². The maximum Gasteiger partial charge on any atom is 0.322 e. The Morgan fingerprint density at radius 1 is 0.893 bits per heavy atom. The molecule has 1 rings (SSSR count). The third-order valence-electron chi connectivity index (χ3n) is 3.55. The summed E-state index contributed by atoms with van der Waals surface area (Å²) in [5, 5.41) is 24.2. The zero-order valence-corrected chi connectivity index (χ0v) is 14.9. The quantitative estimate of drug-likeness (QED) is 0.244. The van der Waals surface area contributed by atoms with Gasteiger partial charge in [0.15, 0.2) is 0 Å². The lowest BCUT2D eigenvalue weighted by Gasteiger charge is -2.22. The van der Waals surface area contributed by atoms with Gasteiger partial charge in [-0.2, -0.15) is 0 Å². The van der Waals surface area contributed by atoms with Crippen molar-refractivity contribution in [3.8, 4) is 0 Å². The van der Waals surface area contributed by atoms with Crippen molar-refractivity contribution in [1.82, 2.24) is 16.0 Å². The van der Waals surface area contributed by atoms with Gasteiger partial charge in [0.2, 0.25) is 17.7 Å². The molecule has 0 saturated carbocycles. The molecule has 2 atom stereocenters. The summed E-state index contributed by atoms with van der Waals surface area (Å²) in [5.74, 6) is -5.09. The van der Waals surface area contributed by atoms with Gasteiger partial charge in [-0.15, -0.1) is 0 Å². The van der Waals surface area contributed by atoms with Crippen molar-refractivity contribution in [2.75, 3.05) is 13.1 Å². The summed E-state index contributed by atoms with van der Waals surface area (Å²) in [6, 6.07) is 6.07. The van der Waals surface area contributed by atoms with Crippen LogP contribution in [0.15, 0.2) is 30.3 Å². The maximum absolute atomic E-state index is 12.6. The van der Waals surface area contributed by atoms with E-state index in [4.69, 9.17) is 15.9 Å². The molecule has 3 amide bonds. The average molecular weight is 394 g/mol. The third kappa shape index (κ3) is 8.27. The van der Waals surface area contributed by atoms with Crippen LogP contribution in [0, 0.1) is 0 Å². The van der Waals surface area contributed by atoms with Gasteiger partial charge in [-0.1, -0.05) is 30.3 Å². The van der Waals surface area contributed by atoms with Gasteiger partial charge < -0.3 is 31.9 Å². The summed E-state index contributed by atoms with van der Waals surface area (Å²) in [5.41, 5.74) is 5.97. The first-order valence-corrected chi connectivity index (χ1v) is 8.28. The van der Waals surface area contributed by atoms with Crippen molar-refractivity contribution in [2.24, 2.45) is 5.73 Å². The van der Waals surface area contributed by atoms with Crippen LogP contribution in [0.5, 0.6) is 0 Å². The lowest BCUT2D eigenvalue weighted by Crippen LogP contribution is -2.55. The number of carboxylic acids is 2. The van der Waals surface area contributed by atoms with Crippen molar-refractivity contribution in [2.45, 2.75) is 24.9 Å². The van der Waals surface area contributed by atoms with Crippen molar-refractivity contribution >= 4 is 29.7 Å². The molecule has 0 heterocycles. The van der Waals surface area contributed by atoms with Crippen LogP contribution in [0.25, 0.3) is 0 Å². The molecule has 0 bridgehead atoms. The summed E-state index contributed by atoms with van der Waals surface area (Å²) in [4.78, 5) is 57.8. The topological polar surface area (TPSA) is 188 Å². The second-order valence-electron chi connectivity index (χ2n) is 5.78. The second kappa shape index (κ2) is 11.3. The van der Waals surface area contributed by atoms with Crippen LogP contribution in [-0.4, -0.2) is 65.0 Å². The zero-order chi connectivity index (χ0) is 21.1. The largest absolute Gasteiger partial charge is 0.481 e. The lowest BCUT2D eigenvalue weighted by atomic mass is 10.0. The van der Waals surface area contributed by atoms with E-state index in [1.54, 1.807) is 30.3 Å². The molecule has 11 heteroatoms. The van der Waals surface area contributed by atoms with E-state index in [-0.39, 0.29) is 13.0 Å². The highest BCUT2D eigenvalue weighted by Crippen LogP contribution is 2.05. The molecule has 1 aromatic rings. The Balaban J connectivity index is 2.92. The molecule has 0 aromatic heterocycles. The molecule has 152 valence electrons. The highest BCUT2D eigenvalue weighted by molar-refractivity contribution is 5.94. The van der Waals surface area contributed by atoms with Crippen LogP contribution in [0.4, 0.5) is 0 Å². The number of carbonyl (C=O) groups is 5. The molecule has 28 heavy (non-hydrogen) atoms. The summed E-state index contributed by atoms with van der Waals surface area (Å²) >= 11 is 0. The summed E-state index contributed by atoms with van der Waals surface area (Å²) in [7, 11) is 0. The SMILES string of the molecule is NCC(=O)N[C@@H](Cc1ccccc1)C(=O)N[C@@H](CC(=O)O)C(=O)NCC(=O)O. The summed E-state index contributed by atoms with van der Waals surface area (Å²) in [6.45, 7) is -1.10. The van der Waals surface area contributed by atoms with Crippen molar-refractivity contribution in [3.63, 3.8) is 0 Å². The fourth-order valence-electron chi connectivity index (χ4n) is 2.25. The van der Waals surface area contributed by atoms with Crippen LogP contribution in [-0.2, 0) is 30.4 Å². The van der Waals surface area contributed by atoms with Crippen molar-refractivity contribution < 1.29 is 34.2 Å². The molecule has 0 aliphatic carbocycles. The minimum Gasteiger partial charge on any atom is -0.481 e. The molecule has 0 spiro atoms. The number of nitrogens with two attached hydrogens (primary N) is 1. The minimum absolute atomic E-state index is 0.0783. The van der Waals surface area contributed by atoms with Gasteiger partial charge in [0.25, 0.3) is 0 Å². The molecule has 0 fully saturated rings. The van der Waals surface area contributed by atoms with Gasteiger partial charge in [-0.05, 0) is 5.56 Å². The molecule has 0 aliphatic rings. The normalized spacial score (nSPS) is 12.3. The number of amides is 3. The van der Waals surface area contributed by atoms with E-state index in [1.165, 1.54) is 0 Å². The van der Waals surface area contributed by atoms with E-state index in [2.05, 4.69) is 10.6 Å². The minimum atomic E-state index is -1.52. The highest BCUT2D eigenvalue weighted by atomic mass is 16.4. The van der Waals surface area contributed by atoms with Gasteiger partial charge in [-0.25, -0.2) is 0 Å². The first-order valence-electron chi connectivity index (χ1n) is 8.28. The number of benzene rings is 1. The first-order chi connectivity index (χ1) is 13.2. The number of rotatable bonds is 11.